The van der Waals surface area contributed by atoms with Crippen molar-refractivity contribution in [3.8, 4) is 0 Å². The molecule has 0 saturated carbocycles. The summed E-state index contributed by atoms with van der Waals surface area (Å²) < 4.78 is 5.50. The van der Waals surface area contributed by atoms with Gasteiger partial charge in [-0.1, -0.05) is 20.8 Å². The van der Waals surface area contributed by atoms with Gasteiger partial charge in [0.15, 0.2) is 0 Å². The summed E-state index contributed by atoms with van der Waals surface area (Å²) in [5.74, 6) is 0.441. The fraction of sp³-hybridized carbons (Fsp3) is 0.867. The van der Waals surface area contributed by atoms with E-state index in [0.717, 1.165) is 19.4 Å². The summed E-state index contributed by atoms with van der Waals surface area (Å²) in [6.07, 6.45) is 3.25. The minimum absolute atomic E-state index is 0.0108. The lowest BCUT2D eigenvalue weighted by atomic mass is 9.94. The maximum absolute atomic E-state index is 12.7. The first kappa shape index (κ1) is 15.3. The van der Waals surface area contributed by atoms with Crippen LogP contribution in [0.1, 0.15) is 46.5 Å². The van der Waals surface area contributed by atoms with Crippen LogP contribution in [0, 0.1) is 5.92 Å². The molecule has 2 fully saturated rings. The number of hydrogen-bond donors (Lipinski definition) is 1. The third kappa shape index (κ3) is 3.14. The summed E-state index contributed by atoms with van der Waals surface area (Å²) in [6, 6.07) is -0.647. The molecular weight excluding hydrogens is 256 g/mol. The van der Waals surface area contributed by atoms with E-state index in [1.54, 1.807) is 0 Å². The lowest BCUT2D eigenvalue weighted by Crippen LogP contribution is -2.66. The van der Waals surface area contributed by atoms with Gasteiger partial charge in [0.05, 0.1) is 12.6 Å². The third-order valence-corrected chi connectivity index (χ3v) is 4.13. The molecule has 20 heavy (non-hydrogen) atoms. The van der Waals surface area contributed by atoms with E-state index in [2.05, 4.69) is 19.2 Å². The molecule has 2 heterocycles. The van der Waals surface area contributed by atoms with Crippen LogP contribution in [0.4, 0.5) is 0 Å². The number of rotatable bonds is 4. The number of nitrogens with zero attached hydrogens (tertiary/aromatic N) is 1. The van der Waals surface area contributed by atoms with Crippen LogP contribution in [0.25, 0.3) is 0 Å². The number of amides is 2. The summed E-state index contributed by atoms with van der Waals surface area (Å²) in [6.45, 7) is 7.41. The van der Waals surface area contributed by atoms with Crippen LogP contribution in [0.2, 0.25) is 0 Å². The normalized spacial score (nSPS) is 31.6. The molecule has 2 rings (SSSR count). The Hall–Kier alpha value is -1.10. The highest BCUT2D eigenvalue weighted by Crippen LogP contribution is 2.24. The maximum Gasteiger partial charge on any atom is 0.246 e. The summed E-state index contributed by atoms with van der Waals surface area (Å²) in [5, 5.41) is 2.90. The number of carbonyl (C=O) groups excluding carboxylic acids is 2. The molecule has 0 spiro atoms. The molecule has 0 aromatic heterocycles. The monoisotopic (exact) mass is 282 g/mol. The van der Waals surface area contributed by atoms with Gasteiger partial charge < -0.3 is 15.0 Å². The van der Waals surface area contributed by atoms with Gasteiger partial charge in [-0.15, -0.1) is 0 Å². The molecule has 0 radical (unpaired) electrons. The van der Waals surface area contributed by atoms with E-state index in [0.29, 0.717) is 25.4 Å². The lowest BCUT2D eigenvalue weighted by molar-refractivity contribution is -0.156. The molecule has 1 N–H and O–H groups in total. The highest BCUT2D eigenvalue weighted by molar-refractivity contribution is 5.97. The number of carbonyl (C=O) groups is 2. The predicted octanol–water partition coefficient (Wildman–Crippen LogP) is 1.32. The Morgan fingerprint density at radius 3 is 2.70 bits per heavy atom. The minimum Gasteiger partial charge on any atom is -0.379 e. The Kier molecular flexibility index (Phi) is 5.02. The number of piperazine rings is 1. The van der Waals surface area contributed by atoms with E-state index in [9.17, 15) is 9.59 Å². The molecule has 2 aliphatic rings. The van der Waals surface area contributed by atoms with Crippen LogP contribution >= 0.6 is 0 Å². The molecule has 114 valence electrons. The van der Waals surface area contributed by atoms with Crippen molar-refractivity contribution in [2.75, 3.05) is 13.2 Å². The second kappa shape index (κ2) is 6.57. The van der Waals surface area contributed by atoms with Gasteiger partial charge in [-0.25, -0.2) is 0 Å². The van der Waals surface area contributed by atoms with Crippen molar-refractivity contribution < 1.29 is 14.3 Å². The Morgan fingerprint density at radius 1 is 1.40 bits per heavy atom. The van der Waals surface area contributed by atoms with E-state index < -0.39 is 0 Å². The van der Waals surface area contributed by atoms with Crippen LogP contribution < -0.4 is 5.32 Å². The maximum atomic E-state index is 12.7. The van der Waals surface area contributed by atoms with Crippen molar-refractivity contribution in [2.24, 2.45) is 5.92 Å². The van der Waals surface area contributed by atoms with E-state index in [1.165, 1.54) is 0 Å². The van der Waals surface area contributed by atoms with Crippen LogP contribution in [-0.2, 0) is 14.3 Å². The zero-order valence-electron chi connectivity index (χ0n) is 12.7. The molecule has 5 nitrogen and oxygen atoms in total. The molecule has 2 amide bonds. The smallest absolute Gasteiger partial charge is 0.246 e. The van der Waals surface area contributed by atoms with E-state index in [-0.39, 0.29) is 29.9 Å². The van der Waals surface area contributed by atoms with Crippen molar-refractivity contribution in [3.63, 3.8) is 0 Å². The minimum atomic E-state index is -0.368. The first-order valence-electron chi connectivity index (χ1n) is 7.74. The van der Waals surface area contributed by atoms with Crippen LogP contribution in [-0.4, -0.2) is 48.1 Å². The first-order valence-corrected chi connectivity index (χ1v) is 7.74. The van der Waals surface area contributed by atoms with E-state index >= 15 is 0 Å². The number of nitrogens with one attached hydrogen (secondary N) is 1. The first-order chi connectivity index (χ1) is 9.54. The third-order valence-electron chi connectivity index (χ3n) is 4.13. The molecule has 3 unspecified atom stereocenters. The second-order valence-corrected chi connectivity index (χ2v) is 6.23. The molecule has 0 aromatic carbocycles. The Labute approximate surface area is 121 Å². The summed E-state index contributed by atoms with van der Waals surface area (Å²) in [4.78, 5) is 26.8. The zero-order valence-corrected chi connectivity index (χ0v) is 12.7. The number of hydrogen-bond acceptors (Lipinski definition) is 3. The van der Waals surface area contributed by atoms with E-state index in [1.807, 2.05) is 11.8 Å². The van der Waals surface area contributed by atoms with Gasteiger partial charge in [-0.05, 0) is 31.6 Å². The topological polar surface area (TPSA) is 58.6 Å². The highest BCUT2D eigenvalue weighted by Gasteiger charge is 2.43. The number of ether oxygens (including phenoxy) is 1. The molecule has 2 aliphatic heterocycles. The fourth-order valence-corrected chi connectivity index (χ4v) is 3.18. The van der Waals surface area contributed by atoms with Gasteiger partial charge in [-0.3, -0.25) is 9.59 Å². The standard InChI is InChI=1S/C15H26N2O3/c1-4-13-14(18)16-12(8-10(2)3)15(19)17(13)11-6-5-7-20-9-11/h10-13H,4-9H2,1-3H3,(H,16,18). The largest absolute Gasteiger partial charge is 0.379 e. The molecule has 3 atom stereocenters. The summed E-state index contributed by atoms with van der Waals surface area (Å²) in [7, 11) is 0. The van der Waals surface area contributed by atoms with Crippen molar-refractivity contribution in [1.29, 1.82) is 0 Å². The fourth-order valence-electron chi connectivity index (χ4n) is 3.18. The average molecular weight is 282 g/mol. The highest BCUT2D eigenvalue weighted by atomic mass is 16.5. The Morgan fingerprint density at radius 2 is 2.15 bits per heavy atom. The molecule has 0 aliphatic carbocycles. The quantitative estimate of drug-likeness (QED) is 0.846. The van der Waals surface area contributed by atoms with Gasteiger partial charge in [0.25, 0.3) is 0 Å². The SMILES string of the molecule is CCC1C(=O)NC(CC(C)C)C(=O)N1C1CCCOC1. The van der Waals surface area contributed by atoms with Gasteiger partial charge in [0.2, 0.25) is 11.8 Å². The average Bonchev–Trinajstić information content (AvgIpc) is 2.42. The Bertz CT molecular complexity index is 364. The lowest BCUT2D eigenvalue weighted by Gasteiger charge is -2.44. The van der Waals surface area contributed by atoms with Gasteiger partial charge in [0.1, 0.15) is 12.1 Å². The molecular formula is C15H26N2O3. The van der Waals surface area contributed by atoms with Crippen molar-refractivity contribution in [3.05, 3.63) is 0 Å². The van der Waals surface area contributed by atoms with Gasteiger partial charge in [-0.2, -0.15) is 0 Å². The molecule has 5 heteroatoms. The van der Waals surface area contributed by atoms with Crippen molar-refractivity contribution in [1.82, 2.24) is 10.2 Å². The summed E-state index contributed by atoms with van der Waals surface area (Å²) >= 11 is 0. The molecule has 0 aromatic rings. The van der Waals surface area contributed by atoms with E-state index in [4.69, 9.17) is 4.74 Å². The second-order valence-electron chi connectivity index (χ2n) is 6.23. The van der Waals surface area contributed by atoms with Crippen molar-refractivity contribution in [2.45, 2.75) is 64.6 Å². The Balaban J connectivity index is 2.17. The summed E-state index contributed by atoms with van der Waals surface area (Å²) in [5.41, 5.74) is 0. The molecule has 0 bridgehead atoms. The zero-order chi connectivity index (χ0) is 14.7. The van der Waals surface area contributed by atoms with Crippen molar-refractivity contribution >= 4 is 11.8 Å². The van der Waals surface area contributed by atoms with Gasteiger partial charge in [0, 0.05) is 6.61 Å². The predicted molar refractivity (Wildman–Crippen MR) is 76.2 cm³/mol. The van der Waals surface area contributed by atoms with Crippen LogP contribution in [0.5, 0.6) is 0 Å². The molecule has 2 saturated heterocycles. The van der Waals surface area contributed by atoms with Crippen LogP contribution in [0.15, 0.2) is 0 Å². The van der Waals surface area contributed by atoms with Gasteiger partial charge >= 0.3 is 0 Å². The van der Waals surface area contributed by atoms with Crippen LogP contribution in [0.3, 0.4) is 0 Å².